The summed E-state index contributed by atoms with van der Waals surface area (Å²) in [5.74, 6) is -0.131. The molecule has 1 aromatic rings. The van der Waals surface area contributed by atoms with Crippen LogP contribution in [0.2, 0.25) is 5.02 Å². The highest BCUT2D eigenvalue weighted by atomic mass is 35.5. The first kappa shape index (κ1) is 19.8. The summed E-state index contributed by atoms with van der Waals surface area (Å²) < 4.78 is 14.1. The highest BCUT2D eigenvalue weighted by Crippen LogP contribution is 2.44. The van der Waals surface area contributed by atoms with Crippen molar-refractivity contribution < 1.29 is 4.39 Å². The Labute approximate surface area is 153 Å². The zero-order chi connectivity index (χ0) is 17.3. The van der Waals surface area contributed by atoms with Gasteiger partial charge >= 0.3 is 0 Å². The summed E-state index contributed by atoms with van der Waals surface area (Å²) >= 11 is 5.87. The normalized spacial score (nSPS) is 17.1. The Morgan fingerprint density at radius 2 is 1.67 bits per heavy atom. The van der Waals surface area contributed by atoms with Crippen molar-refractivity contribution in [2.24, 2.45) is 5.41 Å². The smallest absolute Gasteiger partial charge is 0.127 e. The van der Waals surface area contributed by atoms with Crippen LogP contribution in [0.4, 0.5) is 4.39 Å². The average Bonchev–Trinajstić information content (AvgIpc) is 2.58. The highest BCUT2D eigenvalue weighted by molar-refractivity contribution is 6.30. The lowest BCUT2D eigenvalue weighted by atomic mass is 9.68. The first-order valence-corrected chi connectivity index (χ1v) is 10.5. The molecule has 0 unspecified atom stereocenters. The molecule has 1 aliphatic carbocycles. The third-order valence-corrected chi connectivity index (χ3v) is 6.15. The molecule has 1 aromatic carbocycles. The van der Waals surface area contributed by atoms with Crippen LogP contribution in [0.3, 0.4) is 0 Å². The minimum atomic E-state index is -0.131. The van der Waals surface area contributed by atoms with E-state index < -0.39 is 0 Å². The number of hydrogen-bond donors (Lipinski definition) is 0. The molecular weight excluding hydrogens is 319 g/mol. The fourth-order valence-corrected chi connectivity index (χ4v) is 4.49. The maximum atomic E-state index is 14.1. The van der Waals surface area contributed by atoms with Gasteiger partial charge in [0.2, 0.25) is 0 Å². The molecule has 0 radical (unpaired) electrons. The molecular formula is C22H34ClF. The van der Waals surface area contributed by atoms with Gasteiger partial charge in [-0.05, 0) is 55.2 Å². The van der Waals surface area contributed by atoms with Gasteiger partial charge in [0.1, 0.15) is 5.82 Å². The van der Waals surface area contributed by atoms with Gasteiger partial charge in [-0.2, -0.15) is 0 Å². The third-order valence-electron chi connectivity index (χ3n) is 5.91. The van der Waals surface area contributed by atoms with E-state index >= 15 is 0 Å². The number of benzene rings is 1. The molecule has 2 rings (SSSR count). The molecule has 0 saturated heterocycles. The molecule has 0 atom stereocenters. The Balaban J connectivity index is 1.85. The van der Waals surface area contributed by atoms with Crippen molar-refractivity contribution >= 4 is 11.6 Å². The van der Waals surface area contributed by atoms with Gasteiger partial charge < -0.3 is 0 Å². The van der Waals surface area contributed by atoms with Crippen LogP contribution >= 0.6 is 11.6 Å². The minimum absolute atomic E-state index is 0.131. The Morgan fingerprint density at radius 1 is 0.958 bits per heavy atom. The summed E-state index contributed by atoms with van der Waals surface area (Å²) in [5, 5.41) is 0.496. The van der Waals surface area contributed by atoms with Crippen molar-refractivity contribution in [2.45, 2.75) is 96.8 Å². The van der Waals surface area contributed by atoms with Gasteiger partial charge in [-0.3, -0.25) is 0 Å². The molecule has 0 aliphatic heterocycles. The van der Waals surface area contributed by atoms with Crippen LogP contribution in [0.5, 0.6) is 0 Å². The summed E-state index contributed by atoms with van der Waals surface area (Å²) in [6.45, 7) is 2.27. The Kier molecular flexibility index (Phi) is 8.59. The molecule has 1 aliphatic rings. The van der Waals surface area contributed by atoms with E-state index in [1.807, 2.05) is 12.1 Å². The number of hydrogen-bond acceptors (Lipinski definition) is 0. The lowest BCUT2D eigenvalue weighted by Crippen LogP contribution is -2.25. The van der Waals surface area contributed by atoms with E-state index in [4.69, 9.17) is 11.6 Å². The molecule has 0 aromatic heterocycles. The van der Waals surface area contributed by atoms with E-state index in [1.165, 1.54) is 83.1 Å². The number of rotatable bonds is 10. The monoisotopic (exact) mass is 352 g/mol. The molecule has 0 N–H and O–H groups in total. The Hall–Kier alpha value is -0.560. The summed E-state index contributed by atoms with van der Waals surface area (Å²) in [6.07, 6.45) is 18.3. The number of halogens is 2. The molecule has 0 spiro atoms. The summed E-state index contributed by atoms with van der Waals surface area (Å²) in [4.78, 5) is 0. The van der Waals surface area contributed by atoms with Gasteiger partial charge in [0.15, 0.2) is 0 Å². The number of unbranched alkanes of at least 4 members (excludes halogenated alkanes) is 5. The van der Waals surface area contributed by atoms with Gasteiger partial charge in [-0.15, -0.1) is 0 Å². The molecule has 0 bridgehead atoms. The second-order valence-electron chi connectivity index (χ2n) is 7.81. The van der Waals surface area contributed by atoms with Crippen molar-refractivity contribution in [1.29, 1.82) is 0 Å². The van der Waals surface area contributed by atoms with Crippen LogP contribution < -0.4 is 0 Å². The van der Waals surface area contributed by atoms with Gasteiger partial charge in [0, 0.05) is 5.02 Å². The van der Waals surface area contributed by atoms with Gasteiger partial charge in [0.25, 0.3) is 0 Å². The second-order valence-corrected chi connectivity index (χ2v) is 8.25. The fourth-order valence-electron chi connectivity index (χ4n) is 4.33. The topological polar surface area (TPSA) is 0 Å². The zero-order valence-corrected chi connectivity index (χ0v) is 16.1. The first-order valence-electron chi connectivity index (χ1n) is 10.1. The molecule has 0 heterocycles. The molecule has 24 heavy (non-hydrogen) atoms. The fraction of sp³-hybridized carbons (Fsp3) is 0.727. The van der Waals surface area contributed by atoms with Gasteiger partial charge in [0.05, 0.1) is 0 Å². The first-order chi connectivity index (χ1) is 11.7. The van der Waals surface area contributed by atoms with Gasteiger partial charge in [-0.1, -0.05) is 82.4 Å². The molecule has 136 valence electrons. The van der Waals surface area contributed by atoms with E-state index in [-0.39, 0.29) is 5.82 Å². The van der Waals surface area contributed by atoms with Crippen LogP contribution in [-0.2, 0) is 6.42 Å². The minimum Gasteiger partial charge on any atom is -0.207 e. The second kappa shape index (κ2) is 10.4. The molecule has 2 heteroatoms. The molecule has 0 nitrogen and oxygen atoms in total. The molecule has 1 saturated carbocycles. The van der Waals surface area contributed by atoms with Crippen LogP contribution in [0, 0.1) is 11.2 Å². The standard InChI is InChI=1S/C22H34ClF/c1-2-3-4-5-6-8-14-22(15-9-7-10-16-22)17-13-19-11-12-20(23)18-21(19)24/h11-12,18H,2-10,13-17H2,1H3. The Bertz CT molecular complexity index is 477. The molecule has 0 amide bonds. The zero-order valence-electron chi connectivity index (χ0n) is 15.4. The van der Waals surface area contributed by atoms with Crippen LogP contribution in [-0.4, -0.2) is 0 Å². The van der Waals surface area contributed by atoms with E-state index in [2.05, 4.69) is 6.92 Å². The number of aryl methyl sites for hydroxylation is 1. The summed E-state index contributed by atoms with van der Waals surface area (Å²) in [6, 6.07) is 5.15. The quantitative estimate of drug-likeness (QED) is 0.373. The predicted octanol–water partition coefficient (Wildman–Crippen LogP) is 8.11. The van der Waals surface area contributed by atoms with Crippen molar-refractivity contribution in [3.05, 3.63) is 34.6 Å². The van der Waals surface area contributed by atoms with Crippen molar-refractivity contribution in [3.8, 4) is 0 Å². The van der Waals surface area contributed by atoms with Crippen LogP contribution in [0.15, 0.2) is 18.2 Å². The summed E-state index contributed by atoms with van der Waals surface area (Å²) in [7, 11) is 0. The largest absolute Gasteiger partial charge is 0.207 e. The lowest BCUT2D eigenvalue weighted by molar-refractivity contribution is 0.151. The Morgan fingerprint density at radius 3 is 2.38 bits per heavy atom. The SMILES string of the molecule is CCCCCCCCC1(CCc2ccc(Cl)cc2F)CCCCC1. The maximum absolute atomic E-state index is 14.1. The maximum Gasteiger partial charge on any atom is 0.127 e. The van der Waals surface area contributed by atoms with E-state index in [9.17, 15) is 4.39 Å². The van der Waals surface area contributed by atoms with E-state index in [1.54, 1.807) is 0 Å². The van der Waals surface area contributed by atoms with Crippen molar-refractivity contribution in [2.75, 3.05) is 0 Å². The van der Waals surface area contributed by atoms with Crippen molar-refractivity contribution in [3.63, 3.8) is 0 Å². The predicted molar refractivity (Wildman–Crippen MR) is 103 cm³/mol. The van der Waals surface area contributed by atoms with E-state index in [0.29, 0.717) is 10.4 Å². The van der Waals surface area contributed by atoms with Gasteiger partial charge in [-0.25, -0.2) is 4.39 Å². The van der Waals surface area contributed by atoms with E-state index in [0.717, 1.165) is 18.4 Å². The lowest BCUT2D eigenvalue weighted by Gasteiger charge is -2.38. The third kappa shape index (κ3) is 6.39. The summed E-state index contributed by atoms with van der Waals surface area (Å²) in [5.41, 5.74) is 1.31. The average molecular weight is 353 g/mol. The van der Waals surface area contributed by atoms with Crippen LogP contribution in [0.25, 0.3) is 0 Å². The van der Waals surface area contributed by atoms with Crippen LogP contribution in [0.1, 0.15) is 96.0 Å². The van der Waals surface area contributed by atoms with Crippen molar-refractivity contribution in [1.82, 2.24) is 0 Å². The molecule has 1 fully saturated rings. The highest BCUT2D eigenvalue weighted by Gasteiger charge is 2.31.